The van der Waals surface area contributed by atoms with E-state index in [-0.39, 0.29) is 29.5 Å². The van der Waals surface area contributed by atoms with Gasteiger partial charge in [0.2, 0.25) is 0 Å². The molecule has 2 aromatic carbocycles. The van der Waals surface area contributed by atoms with Crippen LogP contribution in [0.15, 0.2) is 42.5 Å². The molecule has 168 valence electrons. The minimum atomic E-state index is -0.462. The Kier molecular flexibility index (Phi) is 8.42. The molecule has 0 fully saturated rings. The second-order valence-corrected chi connectivity index (χ2v) is 8.15. The van der Waals surface area contributed by atoms with Gasteiger partial charge in [-0.25, -0.2) is 9.18 Å². The van der Waals surface area contributed by atoms with Gasteiger partial charge in [-0.15, -0.1) is 0 Å². The van der Waals surface area contributed by atoms with Crippen molar-refractivity contribution >= 4 is 23.3 Å². The topological polar surface area (TPSA) is 64.7 Å². The van der Waals surface area contributed by atoms with Crippen LogP contribution in [0, 0.1) is 11.7 Å². The first-order valence-corrected chi connectivity index (χ1v) is 10.6. The largest absolute Gasteiger partial charge is 0.377 e. The monoisotopic (exact) mass is 428 g/mol. The summed E-state index contributed by atoms with van der Waals surface area (Å²) in [7, 11) is 3.87. The number of nitrogens with one attached hydrogen (secondary N) is 2. The maximum Gasteiger partial charge on any atom is 0.317 e. The molecule has 31 heavy (non-hydrogen) atoms. The molecular weight excluding hydrogens is 395 g/mol. The van der Waals surface area contributed by atoms with Crippen LogP contribution in [0.25, 0.3) is 0 Å². The van der Waals surface area contributed by atoms with Crippen molar-refractivity contribution in [2.75, 3.05) is 30.9 Å². The minimum Gasteiger partial charge on any atom is -0.377 e. The van der Waals surface area contributed by atoms with Crippen molar-refractivity contribution in [1.29, 1.82) is 0 Å². The second-order valence-electron chi connectivity index (χ2n) is 8.15. The van der Waals surface area contributed by atoms with Gasteiger partial charge in [-0.3, -0.25) is 4.79 Å². The van der Waals surface area contributed by atoms with Gasteiger partial charge >= 0.3 is 6.03 Å². The molecule has 2 N–H and O–H groups in total. The van der Waals surface area contributed by atoms with Gasteiger partial charge in [-0.05, 0) is 61.7 Å². The minimum absolute atomic E-state index is 0.0205. The molecule has 0 spiro atoms. The third-order valence-electron chi connectivity index (χ3n) is 5.29. The van der Waals surface area contributed by atoms with Gasteiger partial charge in [0.05, 0.1) is 0 Å². The quantitative estimate of drug-likeness (QED) is 0.639. The van der Waals surface area contributed by atoms with E-state index < -0.39 is 5.82 Å². The van der Waals surface area contributed by atoms with Crippen LogP contribution in [-0.4, -0.2) is 43.5 Å². The number of carbonyl (C=O) groups excluding carboxylic acids is 2. The summed E-state index contributed by atoms with van der Waals surface area (Å²) < 4.78 is 13.5. The fourth-order valence-electron chi connectivity index (χ4n) is 3.26. The van der Waals surface area contributed by atoms with E-state index >= 15 is 0 Å². The van der Waals surface area contributed by atoms with E-state index in [2.05, 4.69) is 24.5 Å². The van der Waals surface area contributed by atoms with Crippen molar-refractivity contribution < 1.29 is 14.0 Å². The molecule has 2 aromatic rings. The summed E-state index contributed by atoms with van der Waals surface area (Å²) in [5.74, 6) is -0.572. The maximum absolute atomic E-state index is 13.5. The predicted octanol–water partition coefficient (Wildman–Crippen LogP) is 4.72. The summed E-state index contributed by atoms with van der Waals surface area (Å²) >= 11 is 0. The van der Waals surface area contributed by atoms with Crippen molar-refractivity contribution in [2.45, 2.75) is 40.3 Å². The van der Waals surface area contributed by atoms with Crippen molar-refractivity contribution in [3.8, 4) is 0 Å². The molecule has 7 heteroatoms. The zero-order valence-electron chi connectivity index (χ0n) is 19.2. The van der Waals surface area contributed by atoms with Gasteiger partial charge in [0.25, 0.3) is 5.91 Å². The van der Waals surface area contributed by atoms with Crippen LogP contribution in [0.3, 0.4) is 0 Å². The van der Waals surface area contributed by atoms with Crippen molar-refractivity contribution in [2.24, 2.45) is 5.92 Å². The molecule has 0 aromatic heterocycles. The maximum atomic E-state index is 13.5. The van der Waals surface area contributed by atoms with E-state index in [1.165, 1.54) is 18.2 Å². The third kappa shape index (κ3) is 6.44. The molecule has 0 aliphatic rings. The summed E-state index contributed by atoms with van der Waals surface area (Å²) in [5, 5.41) is 5.72. The standard InChI is InChI=1S/C24H33FN4O2/c1-7-26-24(31)29(17(4)16(2)3)15-19-14-21(11-12-22(19)28(5)6)27-23(30)18-9-8-10-20(25)13-18/h8-14,16-17H,7,15H2,1-6H3,(H,26,31)(H,27,30)/t17-/m0/s1. The normalized spacial score (nSPS) is 11.7. The molecule has 2 rings (SSSR count). The predicted molar refractivity (Wildman–Crippen MR) is 124 cm³/mol. The lowest BCUT2D eigenvalue weighted by Crippen LogP contribution is -2.46. The number of urea groups is 1. The van der Waals surface area contributed by atoms with Crippen LogP contribution in [-0.2, 0) is 6.54 Å². The summed E-state index contributed by atoms with van der Waals surface area (Å²) in [4.78, 5) is 29.1. The fraction of sp³-hybridized carbons (Fsp3) is 0.417. The van der Waals surface area contributed by atoms with Crippen LogP contribution in [0.1, 0.15) is 43.6 Å². The van der Waals surface area contributed by atoms with Crippen molar-refractivity contribution in [3.63, 3.8) is 0 Å². The first kappa shape index (κ1) is 24.2. The Balaban J connectivity index is 2.35. The van der Waals surface area contributed by atoms with Crippen molar-refractivity contribution in [1.82, 2.24) is 10.2 Å². The average Bonchev–Trinajstić information content (AvgIpc) is 2.71. The van der Waals surface area contributed by atoms with Crippen LogP contribution in [0.2, 0.25) is 0 Å². The van der Waals surface area contributed by atoms with Crippen LogP contribution < -0.4 is 15.5 Å². The molecule has 6 nitrogen and oxygen atoms in total. The van der Waals surface area contributed by atoms with Gasteiger partial charge in [0.15, 0.2) is 0 Å². The first-order chi connectivity index (χ1) is 14.6. The van der Waals surface area contributed by atoms with E-state index in [9.17, 15) is 14.0 Å². The molecule has 0 saturated carbocycles. The molecule has 0 aliphatic heterocycles. The van der Waals surface area contributed by atoms with Gasteiger partial charge in [-0.1, -0.05) is 19.9 Å². The molecule has 0 bridgehead atoms. The summed E-state index contributed by atoms with van der Waals surface area (Å²) in [6, 6.07) is 11.0. The number of benzene rings is 2. The molecule has 0 heterocycles. The Morgan fingerprint density at radius 3 is 2.35 bits per heavy atom. The van der Waals surface area contributed by atoms with Gasteiger partial charge in [0, 0.05) is 50.2 Å². The van der Waals surface area contributed by atoms with Crippen molar-refractivity contribution in [3.05, 3.63) is 59.4 Å². The lowest BCUT2D eigenvalue weighted by molar-refractivity contribution is 0.102. The third-order valence-corrected chi connectivity index (χ3v) is 5.29. The van der Waals surface area contributed by atoms with E-state index in [0.717, 1.165) is 11.3 Å². The number of anilines is 2. The van der Waals surface area contributed by atoms with Gasteiger partial charge < -0.3 is 20.4 Å². The van der Waals surface area contributed by atoms with Gasteiger partial charge in [-0.2, -0.15) is 0 Å². The number of hydrogen-bond donors (Lipinski definition) is 2. The Morgan fingerprint density at radius 2 is 1.77 bits per heavy atom. The molecule has 0 saturated heterocycles. The molecule has 1 atom stereocenters. The summed E-state index contributed by atoms with van der Waals surface area (Å²) in [6.45, 7) is 9.03. The fourth-order valence-corrected chi connectivity index (χ4v) is 3.26. The highest BCUT2D eigenvalue weighted by molar-refractivity contribution is 6.04. The number of rotatable bonds is 8. The first-order valence-electron chi connectivity index (χ1n) is 10.6. The highest BCUT2D eigenvalue weighted by atomic mass is 19.1. The van der Waals surface area contributed by atoms with E-state index in [1.54, 1.807) is 12.1 Å². The lowest BCUT2D eigenvalue weighted by Gasteiger charge is -2.33. The Labute approximate surface area is 184 Å². The van der Waals surface area contributed by atoms with E-state index in [4.69, 9.17) is 0 Å². The number of nitrogens with zero attached hydrogens (tertiary/aromatic N) is 2. The summed E-state index contributed by atoms with van der Waals surface area (Å²) in [6.07, 6.45) is 0. The average molecular weight is 429 g/mol. The molecule has 0 unspecified atom stereocenters. The Morgan fingerprint density at radius 1 is 1.06 bits per heavy atom. The zero-order chi connectivity index (χ0) is 23.1. The SMILES string of the molecule is CCNC(=O)N(Cc1cc(NC(=O)c2cccc(F)c2)ccc1N(C)C)[C@@H](C)C(C)C. The highest BCUT2D eigenvalue weighted by Crippen LogP contribution is 2.26. The summed E-state index contributed by atoms with van der Waals surface area (Å²) in [5.41, 5.74) is 2.69. The van der Waals surface area contributed by atoms with Gasteiger partial charge in [0.1, 0.15) is 5.82 Å². The van der Waals surface area contributed by atoms with Crippen LogP contribution in [0.4, 0.5) is 20.6 Å². The van der Waals surface area contributed by atoms with E-state index in [1.807, 2.05) is 49.9 Å². The Hall–Kier alpha value is -3.09. The van der Waals surface area contributed by atoms with Crippen LogP contribution >= 0.6 is 0 Å². The molecule has 0 aliphatic carbocycles. The Bertz CT molecular complexity index is 914. The van der Waals surface area contributed by atoms with E-state index in [0.29, 0.717) is 18.8 Å². The van der Waals surface area contributed by atoms with Crippen LogP contribution in [0.5, 0.6) is 0 Å². The smallest absolute Gasteiger partial charge is 0.317 e. The number of amides is 3. The highest BCUT2D eigenvalue weighted by Gasteiger charge is 2.24. The molecule has 0 radical (unpaired) electrons. The zero-order valence-corrected chi connectivity index (χ0v) is 19.2. The number of halogens is 1. The number of hydrogen-bond acceptors (Lipinski definition) is 3. The number of carbonyl (C=O) groups is 2. The lowest BCUT2D eigenvalue weighted by atomic mass is 10.0. The second kappa shape index (κ2) is 10.8. The molecule has 3 amide bonds. The molecular formula is C24H33FN4O2.